The number of rotatable bonds is 10. The van der Waals surface area contributed by atoms with E-state index in [0.717, 1.165) is 58.6 Å². The third-order valence-corrected chi connectivity index (χ3v) is 7.34. The smallest absolute Gasteiger partial charge is 0.340 e. The van der Waals surface area contributed by atoms with Crippen LogP contribution in [0.15, 0.2) is 84.9 Å². The van der Waals surface area contributed by atoms with Crippen molar-refractivity contribution in [2.24, 2.45) is 0 Å². The van der Waals surface area contributed by atoms with Gasteiger partial charge in [-0.25, -0.2) is 14.8 Å². The van der Waals surface area contributed by atoms with Crippen LogP contribution in [0.3, 0.4) is 0 Å². The van der Waals surface area contributed by atoms with E-state index in [1.54, 1.807) is 6.07 Å². The number of esters is 1. The van der Waals surface area contributed by atoms with Crippen LogP contribution in [0, 0.1) is 0 Å². The number of nitrogens with one attached hydrogen (secondary N) is 1. The number of hydrogen-bond donors (Lipinski definition) is 1. The first-order chi connectivity index (χ1) is 21.1. The molecule has 43 heavy (non-hydrogen) atoms. The molecule has 0 atom stereocenters. The number of ether oxygens (including phenoxy) is 1. The third-order valence-electron chi connectivity index (χ3n) is 7.34. The Balaban J connectivity index is 1.38. The highest BCUT2D eigenvalue weighted by atomic mass is 16.5. The number of tetrazole rings is 1. The molecule has 0 saturated heterocycles. The lowest BCUT2D eigenvalue weighted by Gasteiger charge is -2.11. The monoisotopic (exact) mass is 569 g/mol. The SMILES string of the molecule is CCCCc1nc2cc(C(=O)OC)c(C=Cc3ccccc3)nc2n1Cc1ccc(-c2ccccc2-c2nn[nH]n2)cc1. The maximum Gasteiger partial charge on any atom is 0.340 e. The first-order valence-electron chi connectivity index (χ1n) is 14.3. The predicted octanol–water partition coefficient (Wildman–Crippen LogP) is 6.63. The lowest BCUT2D eigenvalue weighted by Crippen LogP contribution is -2.08. The predicted molar refractivity (Wildman–Crippen MR) is 167 cm³/mol. The van der Waals surface area contributed by atoms with Gasteiger partial charge >= 0.3 is 5.97 Å². The molecule has 3 heterocycles. The van der Waals surface area contributed by atoms with Gasteiger partial charge in [0, 0.05) is 12.0 Å². The van der Waals surface area contributed by atoms with Gasteiger partial charge in [-0.3, -0.25) is 0 Å². The van der Waals surface area contributed by atoms with Gasteiger partial charge in [0.15, 0.2) is 5.65 Å². The molecule has 0 aliphatic heterocycles. The quantitative estimate of drug-likeness (QED) is 0.184. The molecule has 0 spiro atoms. The van der Waals surface area contributed by atoms with Crippen LogP contribution in [-0.4, -0.2) is 48.2 Å². The number of pyridine rings is 1. The molecule has 0 unspecified atom stereocenters. The zero-order valence-corrected chi connectivity index (χ0v) is 24.1. The molecular weight excluding hydrogens is 538 g/mol. The molecule has 6 aromatic rings. The fourth-order valence-corrected chi connectivity index (χ4v) is 5.12. The highest BCUT2D eigenvalue weighted by Gasteiger charge is 2.19. The number of unbranched alkanes of at least 4 members (excludes halogenated alkanes) is 1. The molecule has 3 aromatic heterocycles. The second-order valence-corrected chi connectivity index (χ2v) is 10.2. The minimum atomic E-state index is -0.441. The summed E-state index contributed by atoms with van der Waals surface area (Å²) in [6.07, 6.45) is 6.67. The Morgan fingerprint density at radius 3 is 2.42 bits per heavy atom. The molecule has 0 amide bonds. The van der Waals surface area contributed by atoms with Gasteiger partial charge in [-0.05, 0) is 46.0 Å². The van der Waals surface area contributed by atoms with Crippen LogP contribution < -0.4 is 0 Å². The summed E-state index contributed by atoms with van der Waals surface area (Å²) in [5.74, 6) is 1.05. The summed E-state index contributed by atoms with van der Waals surface area (Å²) in [5, 5.41) is 14.6. The van der Waals surface area contributed by atoms with Crippen molar-refractivity contribution in [3.63, 3.8) is 0 Å². The Morgan fingerprint density at radius 2 is 1.70 bits per heavy atom. The Bertz CT molecular complexity index is 1880. The molecule has 9 heteroatoms. The van der Waals surface area contributed by atoms with Gasteiger partial charge in [0.1, 0.15) is 11.3 Å². The number of aryl methyl sites for hydroxylation is 1. The fourth-order valence-electron chi connectivity index (χ4n) is 5.12. The van der Waals surface area contributed by atoms with Gasteiger partial charge in [0.05, 0.1) is 24.9 Å². The first-order valence-corrected chi connectivity index (χ1v) is 14.3. The van der Waals surface area contributed by atoms with Crippen LogP contribution >= 0.6 is 0 Å². The van der Waals surface area contributed by atoms with Gasteiger partial charge in [-0.2, -0.15) is 5.21 Å². The molecule has 0 fully saturated rings. The molecule has 1 N–H and O–H groups in total. The molecule has 9 nitrogen and oxygen atoms in total. The number of aromatic amines is 1. The molecule has 0 aliphatic rings. The number of carbonyl (C=O) groups is 1. The van der Waals surface area contributed by atoms with Crippen LogP contribution in [0.25, 0.3) is 45.8 Å². The maximum atomic E-state index is 12.7. The lowest BCUT2D eigenvalue weighted by molar-refractivity contribution is 0.0600. The van der Waals surface area contributed by atoms with E-state index in [9.17, 15) is 4.79 Å². The zero-order valence-electron chi connectivity index (χ0n) is 24.1. The van der Waals surface area contributed by atoms with Gasteiger partial charge in [-0.1, -0.05) is 98.3 Å². The van der Waals surface area contributed by atoms with E-state index >= 15 is 0 Å². The average Bonchev–Trinajstić information content (AvgIpc) is 3.71. The minimum Gasteiger partial charge on any atom is -0.465 e. The summed E-state index contributed by atoms with van der Waals surface area (Å²) in [5.41, 5.74) is 7.45. The van der Waals surface area contributed by atoms with E-state index in [1.807, 2.05) is 60.7 Å². The molecule has 3 aromatic carbocycles. The van der Waals surface area contributed by atoms with E-state index < -0.39 is 5.97 Å². The summed E-state index contributed by atoms with van der Waals surface area (Å²) < 4.78 is 7.26. The molecule has 6 rings (SSSR count). The maximum absolute atomic E-state index is 12.7. The van der Waals surface area contributed by atoms with Crippen LogP contribution in [0.4, 0.5) is 0 Å². The molecule has 0 aliphatic carbocycles. The van der Waals surface area contributed by atoms with Crippen molar-refractivity contribution in [3.05, 3.63) is 113 Å². The van der Waals surface area contributed by atoms with E-state index in [0.29, 0.717) is 29.1 Å². The summed E-state index contributed by atoms with van der Waals surface area (Å²) in [6, 6.07) is 28.2. The lowest BCUT2D eigenvalue weighted by atomic mass is 9.98. The number of imidazole rings is 1. The first kappa shape index (κ1) is 27.7. The highest BCUT2D eigenvalue weighted by molar-refractivity contribution is 5.97. The highest BCUT2D eigenvalue weighted by Crippen LogP contribution is 2.30. The Labute approximate surface area is 249 Å². The van der Waals surface area contributed by atoms with Crippen molar-refractivity contribution in [2.75, 3.05) is 7.11 Å². The summed E-state index contributed by atoms with van der Waals surface area (Å²) in [7, 11) is 1.38. The second-order valence-electron chi connectivity index (χ2n) is 10.2. The van der Waals surface area contributed by atoms with E-state index in [1.165, 1.54) is 7.11 Å². The molecule has 0 saturated carbocycles. The number of carbonyl (C=O) groups excluding carboxylic acids is 1. The number of hydrogen-bond acceptors (Lipinski definition) is 7. The van der Waals surface area contributed by atoms with Crippen molar-refractivity contribution < 1.29 is 9.53 Å². The standard InChI is InChI=1S/C34H31N7O2/c1-3-4-14-31-35-30-21-28(34(42)43-2)29(20-17-23-10-6-5-7-11-23)36-33(30)41(31)22-24-15-18-25(19-16-24)26-12-8-9-13-27(26)32-37-39-40-38-32/h5-13,15-21H,3-4,14,22H2,1-2H3,(H,37,38,39,40). The number of H-pyrrole nitrogens is 1. The topological polar surface area (TPSA) is 111 Å². The van der Waals surface area contributed by atoms with Crippen LogP contribution in [0.5, 0.6) is 0 Å². The minimum absolute atomic E-state index is 0.387. The summed E-state index contributed by atoms with van der Waals surface area (Å²) >= 11 is 0. The van der Waals surface area contributed by atoms with Gasteiger partial charge in [-0.15, -0.1) is 10.2 Å². The average molecular weight is 570 g/mol. The normalized spacial score (nSPS) is 11.4. The van der Waals surface area contributed by atoms with Crippen molar-refractivity contribution in [1.82, 2.24) is 35.2 Å². The molecule has 0 radical (unpaired) electrons. The van der Waals surface area contributed by atoms with Gasteiger partial charge in [0.2, 0.25) is 5.82 Å². The van der Waals surface area contributed by atoms with Gasteiger partial charge < -0.3 is 9.30 Å². The molecular formula is C34H31N7O2. The van der Waals surface area contributed by atoms with E-state index in [2.05, 4.69) is 62.4 Å². The Hall–Kier alpha value is -5.44. The van der Waals surface area contributed by atoms with Crippen molar-refractivity contribution in [1.29, 1.82) is 0 Å². The third kappa shape index (κ3) is 5.97. The van der Waals surface area contributed by atoms with E-state index in [4.69, 9.17) is 14.7 Å². The van der Waals surface area contributed by atoms with Crippen molar-refractivity contribution in [3.8, 4) is 22.5 Å². The molecule has 0 bridgehead atoms. The zero-order chi connectivity index (χ0) is 29.6. The van der Waals surface area contributed by atoms with Crippen molar-refractivity contribution >= 4 is 29.3 Å². The summed E-state index contributed by atoms with van der Waals surface area (Å²) in [6.45, 7) is 2.76. The number of nitrogens with zero attached hydrogens (tertiary/aromatic N) is 6. The van der Waals surface area contributed by atoms with Gasteiger partial charge in [0.25, 0.3) is 0 Å². The van der Waals surface area contributed by atoms with Crippen LogP contribution in [-0.2, 0) is 17.7 Å². The number of aromatic nitrogens is 7. The number of methoxy groups -OCH3 is 1. The number of benzene rings is 3. The summed E-state index contributed by atoms with van der Waals surface area (Å²) in [4.78, 5) is 22.7. The largest absolute Gasteiger partial charge is 0.465 e. The van der Waals surface area contributed by atoms with Crippen molar-refractivity contribution in [2.45, 2.75) is 32.7 Å². The second kappa shape index (κ2) is 12.6. The Morgan fingerprint density at radius 1 is 0.930 bits per heavy atom. The fraction of sp³-hybridized carbons (Fsp3) is 0.176. The Kier molecular flexibility index (Phi) is 8.13. The molecule has 214 valence electrons. The van der Waals surface area contributed by atoms with Crippen LogP contribution in [0.2, 0.25) is 0 Å². The van der Waals surface area contributed by atoms with E-state index in [-0.39, 0.29) is 0 Å². The van der Waals surface area contributed by atoms with Crippen LogP contribution in [0.1, 0.15) is 52.8 Å². The number of fused-ring (bicyclic) bond motifs is 1.